The van der Waals surface area contributed by atoms with Gasteiger partial charge in [0, 0.05) is 24.1 Å². The molecule has 0 fully saturated rings. The molecule has 2 aromatic carbocycles. The Hall–Kier alpha value is -2.55. The SMILES string of the molecule is CCNC(=NCc1coc(-c2ccccc2)n1)NC1CC(C)(C)Oc2ccccc21.I. The minimum Gasteiger partial charge on any atom is -0.487 e. The van der Waals surface area contributed by atoms with Crippen LogP contribution in [-0.4, -0.2) is 23.1 Å². The molecule has 3 aromatic rings. The third-order valence-corrected chi connectivity index (χ3v) is 5.00. The molecule has 1 unspecified atom stereocenters. The van der Waals surface area contributed by atoms with Crippen molar-refractivity contribution in [3.05, 3.63) is 72.1 Å². The van der Waals surface area contributed by atoms with E-state index in [1.165, 1.54) is 0 Å². The molecule has 0 bridgehead atoms. The number of halogens is 1. The molecule has 1 aromatic heterocycles. The van der Waals surface area contributed by atoms with Crippen LogP contribution in [0, 0.1) is 0 Å². The van der Waals surface area contributed by atoms with Crippen molar-refractivity contribution in [1.82, 2.24) is 15.6 Å². The van der Waals surface area contributed by atoms with Crippen LogP contribution in [-0.2, 0) is 6.54 Å². The van der Waals surface area contributed by atoms with Crippen molar-refractivity contribution in [2.24, 2.45) is 4.99 Å². The molecule has 0 saturated heterocycles. The summed E-state index contributed by atoms with van der Waals surface area (Å²) in [5, 5.41) is 6.91. The average Bonchev–Trinajstić information content (AvgIpc) is 3.21. The van der Waals surface area contributed by atoms with Crippen LogP contribution in [0.5, 0.6) is 5.75 Å². The largest absolute Gasteiger partial charge is 0.487 e. The second-order valence-electron chi connectivity index (χ2n) is 8.01. The zero-order valence-corrected chi connectivity index (χ0v) is 20.4. The number of hydrogen-bond donors (Lipinski definition) is 2. The molecule has 2 N–H and O–H groups in total. The molecule has 0 spiro atoms. The fourth-order valence-electron chi connectivity index (χ4n) is 3.67. The van der Waals surface area contributed by atoms with E-state index in [0.717, 1.165) is 41.5 Å². The molecule has 1 aliphatic rings. The Bertz CT molecular complexity index is 1020. The topological polar surface area (TPSA) is 71.7 Å². The Morgan fingerprint density at radius 3 is 2.65 bits per heavy atom. The predicted molar refractivity (Wildman–Crippen MR) is 134 cm³/mol. The highest BCUT2D eigenvalue weighted by atomic mass is 127. The van der Waals surface area contributed by atoms with Crippen molar-refractivity contribution in [2.45, 2.75) is 45.4 Å². The maximum atomic E-state index is 6.14. The number of aliphatic imine (C=N–C) groups is 1. The van der Waals surface area contributed by atoms with Crippen molar-refractivity contribution in [2.75, 3.05) is 6.54 Å². The van der Waals surface area contributed by atoms with E-state index in [9.17, 15) is 0 Å². The summed E-state index contributed by atoms with van der Waals surface area (Å²) in [6, 6.07) is 18.2. The Morgan fingerprint density at radius 2 is 1.87 bits per heavy atom. The third kappa shape index (κ3) is 5.78. The highest BCUT2D eigenvalue weighted by Crippen LogP contribution is 2.39. The van der Waals surface area contributed by atoms with E-state index >= 15 is 0 Å². The van der Waals surface area contributed by atoms with E-state index in [0.29, 0.717) is 12.4 Å². The molecule has 4 rings (SSSR count). The van der Waals surface area contributed by atoms with Gasteiger partial charge in [-0.1, -0.05) is 36.4 Å². The summed E-state index contributed by atoms with van der Waals surface area (Å²) in [4.78, 5) is 9.31. The van der Waals surface area contributed by atoms with Gasteiger partial charge in [-0.3, -0.25) is 0 Å². The molecule has 31 heavy (non-hydrogen) atoms. The van der Waals surface area contributed by atoms with E-state index in [1.807, 2.05) is 48.5 Å². The smallest absolute Gasteiger partial charge is 0.226 e. The molecular weight excluding hydrogens is 503 g/mol. The van der Waals surface area contributed by atoms with E-state index in [1.54, 1.807) is 6.26 Å². The van der Waals surface area contributed by atoms with Gasteiger partial charge in [0.05, 0.1) is 12.6 Å². The lowest BCUT2D eigenvalue weighted by Crippen LogP contribution is -2.45. The van der Waals surface area contributed by atoms with E-state index in [4.69, 9.17) is 14.1 Å². The van der Waals surface area contributed by atoms with Gasteiger partial charge < -0.3 is 19.8 Å². The molecule has 0 aliphatic carbocycles. The average molecular weight is 532 g/mol. The summed E-state index contributed by atoms with van der Waals surface area (Å²) >= 11 is 0. The summed E-state index contributed by atoms with van der Waals surface area (Å²) in [5.74, 6) is 2.28. The first-order chi connectivity index (χ1) is 14.5. The Kier molecular flexibility index (Phi) is 7.59. The standard InChI is InChI=1S/C24H28N4O2.HI/c1-4-25-23(26-15-18-16-29-22(27-18)17-10-6-5-7-11-17)28-20-14-24(2,3)30-21-13-9-8-12-19(20)21;/h5-13,16,20H,4,14-15H2,1-3H3,(H2,25,26,28);1H. The normalized spacial score (nSPS) is 17.1. The van der Waals surface area contributed by atoms with Gasteiger partial charge in [-0.05, 0) is 39.0 Å². The minimum atomic E-state index is -0.250. The monoisotopic (exact) mass is 532 g/mol. The molecular formula is C24H29IN4O2. The second kappa shape index (κ2) is 10.2. The number of guanidine groups is 1. The lowest BCUT2D eigenvalue weighted by Gasteiger charge is -2.38. The van der Waals surface area contributed by atoms with Crippen LogP contribution in [0.15, 0.2) is 70.3 Å². The van der Waals surface area contributed by atoms with Crippen LogP contribution in [0.25, 0.3) is 11.5 Å². The number of rotatable bonds is 5. The Labute approximate surface area is 200 Å². The van der Waals surface area contributed by atoms with E-state index in [2.05, 4.69) is 42.5 Å². The van der Waals surface area contributed by atoms with Gasteiger partial charge in [0.25, 0.3) is 0 Å². The van der Waals surface area contributed by atoms with Crippen molar-refractivity contribution in [3.63, 3.8) is 0 Å². The molecule has 0 amide bonds. The van der Waals surface area contributed by atoms with Crippen LogP contribution in [0.1, 0.15) is 44.5 Å². The zero-order valence-electron chi connectivity index (χ0n) is 18.1. The molecule has 0 radical (unpaired) electrons. The van der Waals surface area contributed by atoms with Crippen molar-refractivity contribution >= 4 is 29.9 Å². The first-order valence-electron chi connectivity index (χ1n) is 10.4. The molecule has 1 atom stereocenters. The molecule has 164 valence electrons. The van der Waals surface area contributed by atoms with E-state index < -0.39 is 0 Å². The number of nitrogens with one attached hydrogen (secondary N) is 2. The number of nitrogens with zero attached hydrogens (tertiary/aromatic N) is 2. The minimum absolute atomic E-state index is 0. The summed E-state index contributed by atoms with van der Waals surface area (Å²) in [6.07, 6.45) is 2.51. The molecule has 0 saturated carbocycles. The zero-order chi connectivity index (χ0) is 21.0. The number of para-hydroxylation sites is 1. The molecule has 1 aliphatic heterocycles. The Morgan fingerprint density at radius 1 is 1.13 bits per heavy atom. The van der Waals surface area contributed by atoms with Gasteiger partial charge in [-0.25, -0.2) is 9.98 Å². The van der Waals surface area contributed by atoms with Gasteiger partial charge in [-0.2, -0.15) is 0 Å². The third-order valence-electron chi connectivity index (χ3n) is 5.00. The van der Waals surface area contributed by atoms with Gasteiger partial charge in [-0.15, -0.1) is 24.0 Å². The molecule has 7 heteroatoms. The highest BCUT2D eigenvalue weighted by molar-refractivity contribution is 14.0. The van der Waals surface area contributed by atoms with Crippen LogP contribution >= 0.6 is 24.0 Å². The lowest BCUT2D eigenvalue weighted by atomic mass is 9.90. The predicted octanol–water partition coefficient (Wildman–Crippen LogP) is 5.32. The first kappa shape index (κ1) is 23.1. The quantitative estimate of drug-likeness (QED) is 0.265. The van der Waals surface area contributed by atoms with Gasteiger partial charge in [0.15, 0.2) is 5.96 Å². The number of oxazole rings is 1. The van der Waals surface area contributed by atoms with Crippen molar-refractivity contribution < 1.29 is 9.15 Å². The maximum absolute atomic E-state index is 6.14. The van der Waals surface area contributed by atoms with E-state index in [-0.39, 0.29) is 35.6 Å². The number of ether oxygens (including phenoxy) is 1. The van der Waals surface area contributed by atoms with Crippen LogP contribution in [0.2, 0.25) is 0 Å². The second-order valence-corrected chi connectivity index (χ2v) is 8.01. The Balaban J connectivity index is 0.00000272. The van der Waals surface area contributed by atoms with Gasteiger partial charge in [0.1, 0.15) is 23.3 Å². The lowest BCUT2D eigenvalue weighted by molar-refractivity contribution is 0.0694. The number of hydrogen-bond acceptors (Lipinski definition) is 4. The van der Waals surface area contributed by atoms with Crippen molar-refractivity contribution in [1.29, 1.82) is 0 Å². The summed E-state index contributed by atoms with van der Waals surface area (Å²) in [7, 11) is 0. The fourth-order valence-corrected chi connectivity index (χ4v) is 3.67. The first-order valence-corrected chi connectivity index (χ1v) is 10.4. The number of benzene rings is 2. The molecule has 2 heterocycles. The highest BCUT2D eigenvalue weighted by Gasteiger charge is 2.33. The number of aromatic nitrogens is 1. The molecule has 6 nitrogen and oxygen atoms in total. The van der Waals surface area contributed by atoms with Gasteiger partial charge >= 0.3 is 0 Å². The summed E-state index contributed by atoms with van der Waals surface area (Å²) < 4.78 is 11.8. The van der Waals surface area contributed by atoms with Crippen LogP contribution in [0.3, 0.4) is 0 Å². The van der Waals surface area contributed by atoms with Crippen LogP contribution < -0.4 is 15.4 Å². The summed E-state index contributed by atoms with van der Waals surface area (Å²) in [6.45, 7) is 7.49. The van der Waals surface area contributed by atoms with Crippen molar-refractivity contribution in [3.8, 4) is 17.2 Å². The van der Waals surface area contributed by atoms with Gasteiger partial charge in [0.2, 0.25) is 5.89 Å². The maximum Gasteiger partial charge on any atom is 0.226 e. The summed E-state index contributed by atoms with van der Waals surface area (Å²) in [5.41, 5.74) is 2.65. The van der Waals surface area contributed by atoms with Crippen LogP contribution in [0.4, 0.5) is 0 Å². The number of fused-ring (bicyclic) bond motifs is 1. The fraction of sp³-hybridized carbons (Fsp3) is 0.333.